The predicted molar refractivity (Wildman–Crippen MR) is 169 cm³/mol. The number of carbonyl (C=O) groups is 2. The second kappa shape index (κ2) is 13.5. The molecule has 0 aliphatic carbocycles. The highest BCUT2D eigenvalue weighted by Crippen LogP contribution is 2.26. The quantitative estimate of drug-likeness (QED) is 0.347. The Morgan fingerprint density at radius 3 is 2.05 bits per heavy atom. The maximum absolute atomic E-state index is 14.4. The van der Waals surface area contributed by atoms with Crippen molar-refractivity contribution in [3.05, 3.63) is 101 Å². The van der Waals surface area contributed by atoms with Gasteiger partial charge in [-0.1, -0.05) is 72.3 Å². The van der Waals surface area contributed by atoms with Crippen LogP contribution < -0.4 is 9.62 Å². The minimum Gasteiger partial charge on any atom is -0.350 e. The molecule has 3 aromatic carbocycles. The number of nitrogens with zero attached hydrogens (tertiary/aromatic N) is 3. The predicted octanol–water partition coefficient (Wildman–Crippen LogP) is 4.78. The van der Waals surface area contributed by atoms with Gasteiger partial charge in [-0.05, 0) is 69.9 Å². The summed E-state index contributed by atoms with van der Waals surface area (Å²) in [6.45, 7) is 11.0. The molecular weight excluding hydrogens is 548 g/mol. The number of aryl methyl sites for hydroxylation is 3. The van der Waals surface area contributed by atoms with Crippen LogP contribution in [0.15, 0.2) is 72.8 Å². The van der Waals surface area contributed by atoms with Crippen LogP contribution in [0.25, 0.3) is 0 Å². The molecule has 0 unspecified atom stereocenters. The first-order valence-corrected chi connectivity index (χ1v) is 15.5. The normalized spacial score (nSPS) is 12.6. The van der Waals surface area contributed by atoms with Crippen molar-refractivity contribution >= 4 is 27.7 Å². The average Bonchev–Trinajstić information content (AvgIpc) is 2.90. The van der Waals surface area contributed by atoms with Crippen LogP contribution in [-0.4, -0.2) is 61.7 Å². The lowest BCUT2D eigenvalue weighted by atomic mass is 10.0. The highest BCUT2D eigenvalue weighted by atomic mass is 32.2. The molecular formula is C33H44N4O4S. The minimum absolute atomic E-state index is 0.137. The highest BCUT2D eigenvalue weighted by molar-refractivity contribution is 7.90. The van der Waals surface area contributed by atoms with Gasteiger partial charge in [0, 0.05) is 32.6 Å². The Balaban J connectivity index is 2.15. The van der Waals surface area contributed by atoms with E-state index in [4.69, 9.17) is 0 Å². The average molecular weight is 593 g/mol. The van der Waals surface area contributed by atoms with Crippen LogP contribution in [0.1, 0.15) is 48.6 Å². The van der Waals surface area contributed by atoms with E-state index in [0.717, 1.165) is 36.4 Å². The number of nitrogens with one attached hydrogen (secondary N) is 1. The van der Waals surface area contributed by atoms with Crippen molar-refractivity contribution in [1.29, 1.82) is 0 Å². The number of hydrogen-bond donors (Lipinski definition) is 1. The molecule has 2 amide bonds. The van der Waals surface area contributed by atoms with Crippen molar-refractivity contribution in [2.75, 3.05) is 24.9 Å². The first-order chi connectivity index (χ1) is 19.6. The number of hydrogen-bond acceptors (Lipinski definition) is 4. The summed E-state index contributed by atoms with van der Waals surface area (Å²) in [5.74, 6) is -0.783. The zero-order valence-corrected chi connectivity index (χ0v) is 26.8. The Hall–Kier alpha value is -3.69. The summed E-state index contributed by atoms with van der Waals surface area (Å²) in [5, 5.41) is 3.05. The fourth-order valence-electron chi connectivity index (χ4n) is 4.70. The molecule has 9 heteroatoms. The monoisotopic (exact) mass is 592 g/mol. The third-order valence-corrected chi connectivity index (χ3v) is 8.66. The maximum atomic E-state index is 14.4. The fraction of sp³-hybridized carbons (Fsp3) is 0.394. The van der Waals surface area contributed by atoms with E-state index in [0.29, 0.717) is 5.69 Å². The smallest absolute Gasteiger partial charge is 0.304 e. The van der Waals surface area contributed by atoms with Gasteiger partial charge in [0.1, 0.15) is 12.6 Å². The van der Waals surface area contributed by atoms with E-state index in [9.17, 15) is 18.0 Å². The fourth-order valence-corrected chi connectivity index (χ4v) is 5.82. The van der Waals surface area contributed by atoms with Gasteiger partial charge in [-0.2, -0.15) is 12.7 Å². The van der Waals surface area contributed by atoms with Crippen molar-refractivity contribution in [1.82, 2.24) is 14.5 Å². The molecule has 8 nitrogen and oxygen atoms in total. The van der Waals surface area contributed by atoms with E-state index in [1.165, 1.54) is 19.0 Å². The Bertz CT molecular complexity index is 1500. The molecule has 3 rings (SSSR count). The maximum Gasteiger partial charge on any atom is 0.304 e. The zero-order valence-electron chi connectivity index (χ0n) is 26.0. The third-order valence-electron chi connectivity index (χ3n) is 6.86. The zero-order chi connectivity index (χ0) is 31.2. The standard InChI is InChI=1S/C33H44N4O4S/c1-24-13-12-16-28(19-24)22-36(30(32(39)34-33(4,5)6)21-27-14-10-9-11-15-27)31(38)23-37(42(40,41)35(7)8)29-20-25(2)17-18-26(29)3/h9-20,30H,21-23H2,1-8H3,(H,34,39)/t30-/m1/s1. The summed E-state index contributed by atoms with van der Waals surface area (Å²) < 4.78 is 29.5. The Morgan fingerprint density at radius 2 is 1.45 bits per heavy atom. The minimum atomic E-state index is -4.05. The van der Waals surface area contributed by atoms with Crippen molar-refractivity contribution in [2.45, 2.75) is 66.1 Å². The van der Waals surface area contributed by atoms with E-state index in [-0.39, 0.29) is 18.9 Å². The molecule has 0 aliphatic heterocycles. The van der Waals surface area contributed by atoms with Gasteiger partial charge in [-0.3, -0.25) is 9.59 Å². The van der Waals surface area contributed by atoms with Crippen LogP contribution in [0.3, 0.4) is 0 Å². The second-order valence-corrected chi connectivity index (χ2v) is 14.1. The summed E-state index contributed by atoms with van der Waals surface area (Å²) in [7, 11) is -1.17. The molecule has 3 aromatic rings. The first-order valence-electron chi connectivity index (χ1n) is 14.1. The van der Waals surface area contributed by atoms with Crippen LogP contribution in [-0.2, 0) is 32.8 Å². The van der Waals surface area contributed by atoms with Crippen molar-refractivity contribution in [3.8, 4) is 0 Å². The molecule has 0 saturated carbocycles. The number of anilines is 1. The van der Waals surface area contributed by atoms with Crippen LogP contribution in [0.4, 0.5) is 5.69 Å². The molecule has 0 fully saturated rings. The molecule has 1 atom stereocenters. The highest BCUT2D eigenvalue weighted by Gasteiger charge is 2.36. The van der Waals surface area contributed by atoms with E-state index >= 15 is 0 Å². The van der Waals surface area contributed by atoms with Gasteiger partial charge in [0.25, 0.3) is 0 Å². The van der Waals surface area contributed by atoms with E-state index < -0.39 is 34.2 Å². The Labute approximate surface area is 251 Å². The Kier molecular flexibility index (Phi) is 10.6. The number of amides is 2. The molecule has 0 aliphatic rings. The van der Waals surface area contributed by atoms with E-state index in [2.05, 4.69) is 5.32 Å². The molecule has 226 valence electrons. The van der Waals surface area contributed by atoms with E-state index in [1.54, 1.807) is 6.07 Å². The number of benzene rings is 3. The van der Waals surface area contributed by atoms with Gasteiger partial charge in [-0.25, -0.2) is 4.31 Å². The van der Waals surface area contributed by atoms with Crippen LogP contribution in [0.2, 0.25) is 0 Å². The second-order valence-electron chi connectivity index (χ2n) is 12.0. The molecule has 1 N–H and O–H groups in total. The van der Waals surface area contributed by atoms with Gasteiger partial charge in [-0.15, -0.1) is 0 Å². The van der Waals surface area contributed by atoms with Crippen molar-refractivity contribution in [3.63, 3.8) is 0 Å². The lowest BCUT2D eigenvalue weighted by molar-refractivity contribution is -0.140. The van der Waals surface area contributed by atoms with Gasteiger partial charge in [0.15, 0.2) is 0 Å². The van der Waals surface area contributed by atoms with Crippen LogP contribution in [0.5, 0.6) is 0 Å². The number of carbonyl (C=O) groups excluding carboxylic acids is 2. The third kappa shape index (κ3) is 8.66. The van der Waals surface area contributed by atoms with Crippen molar-refractivity contribution < 1.29 is 18.0 Å². The van der Waals surface area contributed by atoms with Crippen molar-refractivity contribution in [2.24, 2.45) is 0 Å². The molecule has 0 spiro atoms. The summed E-state index contributed by atoms with van der Waals surface area (Å²) >= 11 is 0. The van der Waals surface area contributed by atoms with Gasteiger partial charge in [0.05, 0.1) is 5.69 Å². The molecule has 0 aromatic heterocycles. The topological polar surface area (TPSA) is 90.0 Å². The lowest BCUT2D eigenvalue weighted by Gasteiger charge is -2.36. The summed E-state index contributed by atoms with van der Waals surface area (Å²) in [4.78, 5) is 29.8. The molecule has 0 saturated heterocycles. The number of rotatable bonds is 11. The van der Waals surface area contributed by atoms with Gasteiger partial charge >= 0.3 is 10.2 Å². The van der Waals surface area contributed by atoms with Crippen LogP contribution in [0, 0.1) is 20.8 Å². The first kappa shape index (κ1) is 32.8. The molecule has 0 radical (unpaired) electrons. The van der Waals surface area contributed by atoms with Gasteiger partial charge in [0.2, 0.25) is 11.8 Å². The van der Waals surface area contributed by atoms with Gasteiger partial charge < -0.3 is 10.2 Å². The molecule has 0 bridgehead atoms. The summed E-state index contributed by atoms with van der Waals surface area (Å²) in [5.41, 5.74) is 4.22. The molecule has 42 heavy (non-hydrogen) atoms. The summed E-state index contributed by atoms with van der Waals surface area (Å²) in [6, 6.07) is 21.9. The molecule has 0 heterocycles. The SMILES string of the molecule is Cc1cccc(CN(C(=O)CN(c2cc(C)ccc2C)S(=O)(=O)N(C)C)[C@H](Cc2ccccc2)C(=O)NC(C)(C)C)c1. The van der Waals surface area contributed by atoms with Crippen LogP contribution >= 0.6 is 0 Å². The Morgan fingerprint density at radius 1 is 0.833 bits per heavy atom. The summed E-state index contributed by atoms with van der Waals surface area (Å²) in [6.07, 6.45) is 0.268. The lowest BCUT2D eigenvalue weighted by Crippen LogP contribution is -2.56. The largest absolute Gasteiger partial charge is 0.350 e. The van der Waals surface area contributed by atoms with E-state index in [1.807, 2.05) is 108 Å².